The van der Waals surface area contributed by atoms with Gasteiger partial charge in [-0.05, 0) is 12.8 Å². The van der Waals surface area contributed by atoms with Crippen LogP contribution < -0.4 is 0 Å². The minimum absolute atomic E-state index is 0.125. The summed E-state index contributed by atoms with van der Waals surface area (Å²) in [4.78, 5) is 0. The van der Waals surface area contributed by atoms with Crippen LogP contribution in [0.15, 0.2) is 6.33 Å². The average molecular weight is 169 g/mol. The molecule has 1 aromatic heterocycles. The number of rotatable bonds is 2. The summed E-state index contributed by atoms with van der Waals surface area (Å²) in [6.07, 6.45) is 1.59. The predicted octanol–water partition coefficient (Wildman–Crippen LogP) is 0.679. The Balaban J connectivity index is 3.05. The first-order valence-corrected chi connectivity index (χ1v) is 4.03. The zero-order valence-electron chi connectivity index (χ0n) is 7.94. The zero-order valence-corrected chi connectivity index (χ0v) is 7.94. The van der Waals surface area contributed by atoms with Gasteiger partial charge in [-0.15, -0.1) is 10.2 Å². The second kappa shape index (κ2) is 2.86. The van der Waals surface area contributed by atoms with Gasteiger partial charge in [0.15, 0.2) is 5.82 Å². The fraction of sp³-hybridized carbons (Fsp3) is 0.750. The first kappa shape index (κ1) is 9.19. The van der Waals surface area contributed by atoms with E-state index in [1.807, 2.05) is 20.9 Å². The SMILES string of the molecule is CC(C)C(C)(O)c1nncn1C. The molecule has 0 aliphatic rings. The van der Waals surface area contributed by atoms with Crippen LogP contribution >= 0.6 is 0 Å². The molecule has 0 aliphatic heterocycles. The van der Waals surface area contributed by atoms with E-state index in [0.717, 1.165) is 0 Å². The Bertz CT molecular complexity index is 265. The lowest BCUT2D eigenvalue weighted by molar-refractivity contribution is -0.00236. The molecule has 0 aliphatic carbocycles. The van der Waals surface area contributed by atoms with E-state index >= 15 is 0 Å². The van der Waals surface area contributed by atoms with Gasteiger partial charge in [0.05, 0.1) is 0 Å². The molecule has 0 radical (unpaired) electrons. The van der Waals surface area contributed by atoms with Crippen LogP contribution in [-0.2, 0) is 12.6 Å². The van der Waals surface area contributed by atoms with Gasteiger partial charge in [0.1, 0.15) is 11.9 Å². The van der Waals surface area contributed by atoms with Crippen molar-refractivity contribution < 1.29 is 5.11 Å². The molecule has 68 valence electrons. The second-order valence-corrected chi connectivity index (χ2v) is 3.57. The van der Waals surface area contributed by atoms with E-state index in [2.05, 4.69) is 10.2 Å². The lowest BCUT2D eigenvalue weighted by Gasteiger charge is -2.25. The summed E-state index contributed by atoms with van der Waals surface area (Å²) in [5.41, 5.74) is -0.898. The Labute approximate surface area is 72.2 Å². The highest BCUT2D eigenvalue weighted by atomic mass is 16.3. The van der Waals surface area contributed by atoms with E-state index in [0.29, 0.717) is 5.82 Å². The fourth-order valence-corrected chi connectivity index (χ4v) is 1.000. The summed E-state index contributed by atoms with van der Waals surface area (Å²) in [5.74, 6) is 0.734. The third-order valence-electron chi connectivity index (χ3n) is 2.29. The molecular formula is C8H15N3O. The highest BCUT2D eigenvalue weighted by Gasteiger charge is 2.31. The van der Waals surface area contributed by atoms with Crippen molar-refractivity contribution in [3.8, 4) is 0 Å². The number of hydrogen-bond donors (Lipinski definition) is 1. The standard InChI is InChI=1S/C8H15N3O/c1-6(2)8(3,12)7-10-9-5-11(7)4/h5-6,12H,1-4H3. The summed E-state index contributed by atoms with van der Waals surface area (Å²) in [7, 11) is 1.83. The van der Waals surface area contributed by atoms with Crippen molar-refractivity contribution in [2.24, 2.45) is 13.0 Å². The first-order chi connectivity index (χ1) is 5.46. The van der Waals surface area contributed by atoms with Crippen LogP contribution in [0.2, 0.25) is 0 Å². The van der Waals surface area contributed by atoms with E-state index in [4.69, 9.17) is 0 Å². The molecule has 1 unspecified atom stereocenters. The molecule has 1 rings (SSSR count). The molecule has 4 heteroatoms. The van der Waals surface area contributed by atoms with Crippen LogP contribution in [0.1, 0.15) is 26.6 Å². The Hall–Kier alpha value is -0.900. The number of nitrogens with zero attached hydrogens (tertiary/aromatic N) is 3. The molecule has 0 bridgehead atoms. The quantitative estimate of drug-likeness (QED) is 0.708. The third-order valence-corrected chi connectivity index (χ3v) is 2.29. The molecule has 0 saturated carbocycles. The predicted molar refractivity (Wildman–Crippen MR) is 45.4 cm³/mol. The van der Waals surface area contributed by atoms with Crippen molar-refractivity contribution in [3.05, 3.63) is 12.2 Å². The number of aromatic nitrogens is 3. The van der Waals surface area contributed by atoms with Crippen molar-refractivity contribution in [1.82, 2.24) is 14.8 Å². The first-order valence-electron chi connectivity index (χ1n) is 4.03. The largest absolute Gasteiger partial charge is 0.382 e. The van der Waals surface area contributed by atoms with Gasteiger partial charge >= 0.3 is 0 Å². The van der Waals surface area contributed by atoms with Crippen molar-refractivity contribution in [1.29, 1.82) is 0 Å². The minimum atomic E-state index is -0.898. The summed E-state index contributed by atoms with van der Waals surface area (Å²) in [6, 6.07) is 0. The van der Waals surface area contributed by atoms with Gasteiger partial charge in [-0.1, -0.05) is 13.8 Å². The van der Waals surface area contributed by atoms with Crippen molar-refractivity contribution in [3.63, 3.8) is 0 Å². The highest BCUT2D eigenvalue weighted by Crippen LogP contribution is 2.26. The summed E-state index contributed by atoms with van der Waals surface area (Å²) < 4.78 is 1.74. The van der Waals surface area contributed by atoms with Crippen LogP contribution in [-0.4, -0.2) is 19.9 Å². The number of aryl methyl sites for hydroxylation is 1. The van der Waals surface area contributed by atoms with E-state index in [1.54, 1.807) is 17.8 Å². The van der Waals surface area contributed by atoms with Crippen LogP contribution in [0.5, 0.6) is 0 Å². The van der Waals surface area contributed by atoms with Gasteiger partial charge < -0.3 is 9.67 Å². The van der Waals surface area contributed by atoms with Crippen LogP contribution in [0.25, 0.3) is 0 Å². The Kier molecular flexibility index (Phi) is 2.19. The van der Waals surface area contributed by atoms with Crippen molar-refractivity contribution >= 4 is 0 Å². The van der Waals surface area contributed by atoms with E-state index in [1.165, 1.54) is 0 Å². The van der Waals surface area contributed by atoms with Crippen molar-refractivity contribution in [2.75, 3.05) is 0 Å². The van der Waals surface area contributed by atoms with Gasteiger partial charge in [-0.2, -0.15) is 0 Å². The normalized spacial score (nSPS) is 16.5. The van der Waals surface area contributed by atoms with Gasteiger partial charge in [0, 0.05) is 7.05 Å². The Morgan fingerprint density at radius 1 is 1.58 bits per heavy atom. The molecule has 12 heavy (non-hydrogen) atoms. The summed E-state index contributed by atoms with van der Waals surface area (Å²) >= 11 is 0. The van der Waals surface area contributed by atoms with Crippen LogP contribution in [0.4, 0.5) is 0 Å². The minimum Gasteiger partial charge on any atom is -0.382 e. The van der Waals surface area contributed by atoms with Gasteiger partial charge in [-0.25, -0.2) is 0 Å². The second-order valence-electron chi connectivity index (χ2n) is 3.57. The fourth-order valence-electron chi connectivity index (χ4n) is 1.000. The third kappa shape index (κ3) is 1.34. The van der Waals surface area contributed by atoms with Crippen LogP contribution in [0.3, 0.4) is 0 Å². The van der Waals surface area contributed by atoms with Gasteiger partial charge in [-0.3, -0.25) is 0 Å². The lowest BCUT2D eigenvalue weighted by atomic mass is 9.92. The molecule has 0 amide bonds. The molecule has 1 atom stereocenters. The molecule has 1 aromatic rings. The molecule has 0 saturated heterocycles. The maximum atomic E-state index is 10.0. The number of hydrogen-bond acceptors (Lipinski definition) is 3. The van der Waals surface area contributed by atoms with Crippen LogP contribution in [0, 0.1) is 5.92 Å². The summed E-state index contributed by atoms with van der Waals surface area (Å²) in [6.45, 7) is 5.66. The van der Waals surface area contributed by atoms with Gasteiger partial charge in [0.2, 0.25) is 0 Å². The maximum absolute atomic E-state index is 10.0. The number of aliphatic hydroxyl groups is 1. The van der Waals surface area contributed by atoms with Crippen molar-refractivity contribution in [2.45, 2.75) is 26.4 Å². The highest BCUT2D eigenvalue weighted by molar-refractivity contribution is 5.00. The molecule has 1 heterocycles. The van der Waals surface area contributed by atoms with E-state index in [9.17, 15) is 5.11 Å². The summed E-state index contributed by atoms with van der Waals surface area (Å²) in [5, 5.41) is 17.6. The van der Waals surface area contributed by atoms with Gasteiger partial charge in [0.25, 0.3) is 0 Å². The maximum Gasteiger partial charge on any atom is 0.164 e. The molecule has 4 nitrogen and oxygen atoms in total. The molecular weight excluding hydrogens is 154 g/mol. The molecule has 1 N–H and O–H groups in total. The lowest BCUT2D eigenvalue weighted by Crippen LogP contribution is -2.31. The molecule has 0 aromatic carbocycles. The molecule has 0 spiro atoms. The average Bonchev–Trinajstić information content (AvgIpc) is 2.35. The molecule has 0 fully saturated rings. The zero-order chi connectivity index (χ0) is 9.35. The monoisotopic (exact) mass is 169 g/mol. The van der Waals surface area contributed by atoms with E-state index in [-0.39, 0.29) is 5.92 Å². The topological polar surface area (TPSA) is 50.9 Å². The Morgan fingerprint density at radius 2 is 2.17 bits per heavy atom. The van der Waals surface area contributed by atoms with E-state index < -0.39 is 5.60 Å². The Morgan fingerprint density at radius 3 is 2.50 bits per heavy atom. The smallest absolute Gasteiger partial charge is 0.164 e.